The molecule has 9 heteroatoms. The van der Waals surface area contributed by atoms with Gasteiger partial charge in [-0.05, 0) is 30.7 Å². The molecule has 3 rings (SSSR count). The SMILES string of the molecule is CC(NC(=O)Cn1cnc2ccc([N+](=O)[O-])cc2c1=O)c1ccc(Cl)cc1. The number of nitro benzene ring substituents is 1. The van der Waals surface area contributed by atoms with Gasteiger partial charge in [0.15, 0.2) is 0 Å². The first-order valence-electron chi connectivity index (χ1n) is 8.03. The molecular formula is C18H15ClN4O4. The third-order valence-electron chi connectivity index (χ3n) is 4.08. The molecule has 27 heavy (non-hydrogen) atoms. The van der Waals surface area contributed by atoms with Crippen molar-refractivity contribution in [2.45, 2.75) is 19.5 Å². The van der Waals surface area contributed by atoms with Gasteiger partial charge in [0, 0.05) is 17.2 Å². The van der Waals surface area contributed by atoms with Crippen LogP contribution in [-0.4, -0.2) is 20.4 Å². The molecule has 1 heterocycles. The van der Waals surface area contributed by atoms with Gasteiger partial charge < -0.3 is 5.32 Å². The van der Waals surface area contributed by atoms with Crippen molar-refractivity contribution < 1.29 is 9.72 Å². The topological polar surface area (TPSA) is 107 Å². The quantitative estimate of drug-likeness (QED) is 0.536. The van der Waals surface area contributed by atoms with Crippen LogP contribution < -0.4 is 10.9 Å². The van der Waals surface area contributed by atoms with E-state index in [1.54, 1.807) is 24.3 Å². The van der Waals surface area contributed by atoms with Crippen LogP contribution >= 0.6 is 11.6 Å². The van der Waals surface area contributed by atoms with E-state index in [4.69, 9.17) is 11.6 Å². The molecule has 0 saturated carbocycles. The van der Waals surface area contributed by atoms with E-state index >= 15 is 0 Å². The number of fused-ring (bicyclic) bond motifs is 1. The summed E-state index contributed by atoms with van der Waals surface area (Å²) in [5.41, 5.74) is 0.474. The number of nitrogens with zero attached hydrogens (tertiary/aromatic N) is 3. The number of rotatable bonds is 5. The van der Waals surface area contributed by atoms with E-state index in [9.17, 15) is 19.7 Å². The third kappa shape index (κ3) is 4.12. The summed E-state index contributed by atoms with van der Waals surface area (Å²) in [6, 6.07) is 10.6. The Bertz CT molecular complexity index is 1080. The Balaban J connectivity index is 1.80. The van der Waals surface area contributed by atoms with Crippen LogP contribution in [0.4, 0.5) is 5.69 Å². The summed E-state index contributed by atoms with van der Waals surface area (Å²) < 4.78 is 1.12. The molecule has 1 unspecified atom stereocenters. The number of non-ortho nitro benzene ring substituents is 1. The van der Waals surface area contributed by atoms with Gasteiger partial charge in [-0.25, -0.2) is 4.98 Å². The zero-order chi connectivity index (χ0) is 19.6. The molecule has 1 atom stereocenters. The standard InChI is InChI=1S/C18H15ClN4O4/c1-11(12-2-4-13(19)5-3-12)21-17(24)9-22-10-20-16-7-6-14(23(26)27)8-15(16)18(22)25/h2-8,10-11H,9H2,1H3,(H,21,24). The maximum absolute atomic E-state index is 12.5. The third-order valence-corrected chi connectivity index (χ3v) is 4.33. The molecule has 0 aliphatic heterocycles. The highest BCUT2D eigenvalue weighted by molar-refractivity contribution is 6.30. The average molecular weight is 387 g/mol. The molecule has 1 N–H and O–H groups in total. The van der Waals surface area contributed by atoms with Gasteiger partial charge in [0.05, 0.1) is 28.2 Å². The van der Waals surface area contributed by atoms with Gasteiger partial charge in [-0.1, -0.05) is 23.7 Å². The minimum atomic E-state index is -0.587. The van der Waals surface area contributed by atoms with E-state index in [-0.39, 0.29) is 29.6 Å². The van der Waals surface area contributed by atoms with Crippen LogP contribution in [0.5, 0.6) is 0 Å². The van der Waals surface area contributed by atoms with Crippen molar-refractivity contribution >= 4 is 34.1 Å². The van der Waals surface area contributed by atoms with E-state index < -0.39 is 10.5 Å². The van der Waals surface area contributed by atoms with Crippen LogP contribution in [0.15, 0.2) is 53.6 Å². The van der Waals surface area contributed by atoms with Crippen molar-refractivity contribution in [3.63, 3.8) is 0 Å². The van der Waals surface area contributed by atoms with Crippen molar-refractivity contribution in [1.82, 2.24) is 14.9 Å². The fourth-order valence-corrected chi connectivity index (χ4v) is 2.78. The van der Waals surface area contributed by atoms with Crippen LogP contribution in [-0.2, 0) is 11.3 Å². The summed E-state index contributed by atoms with van der Waals surface area (Å²) in [5, 5.41) is 14.4. The maximum Gasteiger partial charge on any atom is 0.270 e. The molecule has 0 fully saturated rings. The lowest BCUT2D eigenvalue weighted by atomic mass is 10.1. The molecule has 0 spiro atoms. The summed E-state index contributed by atoms with van der Waals surface area (Å²) in [7, 11) is 0. The number of aromatic nitrogens is 2. The van der Waals surface area contributed by atoms with Crippen LogP contribution in [0.25, 0.3) is 10.9 Å². The molecule has 0 saturated heterocycles. The Kier molecular flexibility index (Phi) is 5.18. The number of nitrogens with one attached hydrogen (secondary N) is 1. The second kappa shape index (κ2) is 7.55. The van der Waals surface area contributed by atoms with Gasteiger partial charge in [-0.3, -0.25) is 24.3 Å². The number of nitro groups is 1. The molecule has 0 aliphatic rings. The first kappa shape index (κ1) is 18.5. The molecule has 0 bridgehead atoms. The van der Waals surface area contributed by atoms with E-state index in [1.165, 1.54) is 18.5 Å². The number of halogens is 1. The maximum atomic E-state index is 12.5. The van der Waals surface area contributed by atoms with Gasteiger partial charge >= 0.3 is 0 Å². The number of hydrogen-bond donors (Lipinski definition) is 1. The molecule has 8 nitrogen and oxygen atoms in total. The molecule has 1 aromatic heterocycles. The first-order chi connectivity index (χ1) is 12.8. The predicted octanol–water partition coefficient (Wildman–Crippen LogP) is 2.84. The molecule has 0 aliphatic carbocycles. The van der Waals surface area contributed by atoms with Crippen molar-refractivity contribution in [2.75, 3.05) is 0 Å². The zero-order valence-corrected chi connectivity index (χ0v) is 15.0. The minimum Gasteiger partial charge on any atom is -0.348 e. The number of hydrogen-bond acceptors (Lipinski definition) is 5. The summed E-state index contributed by atoms with van der Waals surface area (Å²) in [4.78, 5) is 39.2. The summed E-state index contributed by atoms with van der Waals surface area (Å²) in [6.07, 6.45) is 1.25. The van der Waals surface area contributed by atoms with Gasteiger partial charge in [-0.15, -0.1) is 0 Å². The number of amides is 1. The number of carbonyl (C=O) groups is 1. The van der Waals surface area contributed by atoms with Crippen LogP contribution in [0, 0.1) is 10.1 Å². The minimum absolute atomic E-state index is 0.0882. The first-order valence-corrected chi connectivity index (χ1v) is 8.41. The van der Waals surface area contributed by atoms with Gasteiger partial charge in [0.2, 0.25) is 5.91 Å². The Morgan fingerprint density at radius 1 is 1.30 bits per heavy atom. The smallest absolute Gasteiger partial charge is 0.270 e. The largest absolute Gasteiger partial charge is 0.348 e. The van der Waals surface area contributed by atoms with Crippen molar-refractivity contribution in [1.29, 1.82) is 0 Å². The Morgan fingerprint density at radius 3 is 2.67 bits per heavy atom. The highest BCUT2D eigenvalue weighted by atomic mass is 35.5. The Hall–Kier alpha value is -3.26. The number of carbonyl (C=O) groups excluding carboxylic acids is 1. The lowest BCUT2D eigenvalue weighted by molar-refractivity contribution is -0.384. The van der Waals surface area contributed by atoms with Crippen molar-refractivity contribution in [2.24, 2.45) is 0 Å². The van der Waals surface area contributed by atoms with Crippen molar-refractivity contribution in [3.05, 3.63) is 79.8 Å². The van der Waals surface area contributed by atoms with Gasteiger partial charge in [-0.2, -0.15) is 0 Å². The monoisotopic (exact) mass is 386 g/mol. The Labute approximate surface area is 158 Å². The molecule has 2 aromatic carbocycles. The van der Waals surface area contributed by atoms with E-state index in [2.05, 4.69) is 10.3 Å². The second-order valence-electron chi connectivity index (χ2n) is 5.98. The Morgan fingerprint density at radius 2 is 2.00 bits per heavy atom. The van der Waals surface area contributed by atoms with Gasteiger partial charge in [0.25, 0.3) is 11.2 Å². The fourth-order valence-electron chi connectivity index (χ4n) is 2.65. The fraction of sp³-hybridized carbons (Fsp3) is 0.167. The summed E-state index contributed by atoms with van der Waals surface area (Å²) in [5.74, 6) is -0.383. The lowest BCUT2D eigenvalue weighted by Crippen LogP contribution is -2.34. The van der Waals surface area contributed by atoms with Crippen LogP contribution in [0.1, 0.15) is 18.5 Å². The molecule has 0 radical (unpaired) electrons. The highest BCUT2D eigenvalue weighted by Gasteiger charge is 2.14. The highest BCUT2D eigenvalue weighted by Crippen LogP contribution is 2.17. The van der Waals surface area contributed by atoms with Crippen LogP contribution in [0.2, 0.25) is 5.02 Å². The second-order valence-corrected chi connectivity index (χ2v) is 6.41. The molecule has 3 aromatic rings. The number of benzene rings is 2. The lowest BCUT2D eigenvalue weighted by Gasteiger charge is -2.15. The van der Waals surface area contributed by atoms with E-state index in [0.717, 1.165) is 16.2 Å². The summed E-state index contributed by atoms with van der Waals surface area (Å²) in [6.45, 7) is 1.56. The van der Waals surface area contributed by atoms with Crippen LogP contribution in [0.3, 0.4) is 0 Å². The summed E-state index contributed by atoms with van der Waals surface area (Å²) >= 11 is 5.85. The molecule has 138 valence electrons. The van der Waals surface area contributed by atoms with E-state index in [1.807, 2.05) is 6.92 Å². The van der Waals surface area contributed by atoms with E-state index in [0.29, 0.717) is 10.5 Å². The molecular weight excluding hydrogens is 372 g/mol. The molecule has 1 amide bonds. The zero-order valence-electron chi connectivity index (χ0n) is 14.3. The van der Waals surface area contributed by atoms with Crippen molar-refractivity contribution in [3.8, 4) is 0 Å². The normalized spacial score (nSPS) is 11.9. The average Bonchev–Trinajstić information content (AvgIpc) is 2.64. The predicted molar refractivity (Wildman–Crippen MR) is 101 cm³/mol. The van der Waals surface area contributed by atoms with Gasteiger partial charge in [0.1, 0.15) is 6.54 Å².